The van der Waals surface area contributed by atoms with Gasteiger partial charge < -0.3 is 14.4 Å². The van der Waals surface area contributed by atoms with E-state index in [0.29, 0.717) is 29.6 Å². The van der Waals surface area contributed by atoms with Crippen molar-refractivity contribution in [3.05, 3.63) is 22.1 Å². The lowest BCUT2D eigenvalue weighted by Gasteiger charge is -2.20. The van der Waals surface area contributed by atoms with Gasteiger partial charge in [-0.25, -0.2) is 4.79 Å². The Hall–Kier alpha value is -1.30. The third-order valence-electron chi connectivity index (χ3n) is 2.88. The molecule has 0 unspecified atom stereocenters. The first-order valence-corrected chi connectivity index (χ1v) is 6.09. The second-order valence-corrected chi connectivity index (χ2v) is 4.84. The summed E-state index contributed by atoms with van der Waals surface area (Å²) in [6.07, 6.45) is 1.21. The van der Waals surface area contributed by atoms with E-state index in [2.05, 4.69) is 15.9 Å². The fraction of sp³-hybridized carbons (Fsp3) is 0.455. The number of hydrogen-bond donors (Lipinski definition) is 1. The van der Waals surface area contributed by atoms with Crippen LogP contribution in [0.3, 0.4) is 0 Å². The maximum Gasteiger partial charge on any atom is 0.326 e. The van der Waals surface area contributed by atoms with Crippen molar-refractivity contribution in [1.82, 2.24) is 4.90 Å². The maximum atomic E-state index is 12.1. The number of likely N-dealkylation sites (tertiary alicyclic amines) is 1. The summed E-state index contributed by atoms with van der Waals surface area (Å²) in [5.74, 6) is -1.10. The third-order valence-corrected chi connectivity index (χ3v) is 3.27. The molecule has 1 aromatic rings. The van der Waals surface area contributed by atoms with Gasteiger partial charge in [-0.15, -0.1) is 0 Å². The number of carbonyl (C=O) groups is 2. The number of rotatable bonds is 2. The minimum absolute atomic E-state index is 0.213. The van der Waals surface area contributed by atoms with Gasteiger partial charge in [0.1, 0.15) is 6.04 Å². The van der Waals surface area contributed by atoms with Crippen molar-refractivity contribution in [2.75, 3.05) is 6.54 Å². The van der Waals surface area contributed by atoms with Crippen molar-refractivity contribution in [2.45, 2.75) is 25.8 Å². The first-order chi connectivity index (χ1) is 8.00. The van der Waals surface area contributed by atoms with E-state index in [1.54, 1.807) is 13.0 Å². The van der Waals surface area contributed by atoms with Crippen LogP contribution in [-0.4, -0.2) is 34.5 Å². The van der Waals surface area contributed by atoms with Crippen molar-refractivity contribution in [3.8, 4) is 0 Å². The highest BCUT2D eigenvalue weighted by atomic mass is 79.9. The van der Waals surface area contributed by atoms with Crippen LogP contribution in [-0.2, 0) is 4.79 Å². The van der Waals surface area contributed by atoms with E-state index in [1.807, 2.05) is 0 Å². The Kier molecular flexibility index (Phi) is 3.24. The van der Waals surface area contributed by atoms with Gasteiger partial charge in [-0.05, 0) is 41.8 Å². The predicted octanol–water partition coefficient (Wildman–Crippen LogP) is 2.04. The Bertz CT molecular complexity index is 468. The third kappa shape index (κ3) is 2.22. The molecule has 1 fully saturated rings. The molecular weight excluding hydrogens is 290 g/mol. The molecule has 0 saturated carbocycles. The summed E-state index contributed by atoms with van der Waals surface area (Å²) in [6, 6.07) is 0.963. The lowest BCUT2D eigenvalue weighted by atomic mass is 10.2. The molecule has 0 bridgehead atoms. The molecule has 2 rings (SSSR count). The number of amides is 1. The Morgan fingerprint density at radius 1 is 1.59 bits per heavy atom. The van der Waals surface area contributed by atoms with Gasteiger partial charge in [0.05, 0.1) is 0 Å². The average molecular weight is 302 g/mol. The molecule has 1 aromatic heterocycles. The summed E-state index contributed by atoms with van der Waals surface area (Å²) in [5.41, 5.74) is 0.706. The molecule has 0 spiro atoms. The number of aryl methyl sites for hydroxylation is 1. The second kappa shape index (κ2) is 4.52. The zero-order valence-electron chi connectivity index (χ0n) is 9.27. The van der Waals surface area contributed by atoms with Crippen LogP contribution in [0.15, 0.2) is 15.2 Å². The van der Waals surface area contributed by atoms with Gasteiger partial charge >= 0.3 is 5.97 Å². The lowest BCUT2D eigenvalue weighted by molar-refractivity contribution is -0.141. The Morgan fingerprint density at radius 2 is 2.29 bits per heavy atom. The van der Waals surface area contributed by atoms with Gasteiger partial charge in [-0.2, -0.15) is 0 Å². The minimum Gasteiger partial charge on any atom is -0.480 e. The monoisotopic (exact) mass is 301 g/mol. The Morgan fingerprint density at radius 3 is 2.82 bits per heavy atom. The summed E-state index contributed by atoms with van der Waals surface area (Å²) in [5, 5.41) is 9.02. The van der Waals surface area contributed by atoms with E-state index in [1.165, 1.54) is 4.90 Å². The molecule has 17 heavy (non-hydrogen) atoms. The van der Waals surface area contributed by atoms with E-state index in [4.69, 9.17) is 9.52 Å². The van der Waals surface area contributed by atoms with Crippen LogP contribution in [0.1, 0.15) is 29.0 Å². The van der Waals surface area contributed by atoms with E-state index in [9.17, 15) is 9.59 Å². The highest BCUT2D eigenvalue weighted by molar-refractivity contribution is 9.10. The number of hydrogen-bond acceptors (Lipinski definition) is 3. The van der Waals surface area contributed by atoms with Gasteiger partial charge in [0, 0.05) is 12.1 Å². The van der Waals surface area contributed by atoms with Crippen LogP contribution >= 0.6 is 15.9 Å². The second-order valence-electron chi connectivity index (χ2n) is 4.06. The number of nitrogens with zero attached hydrogens (tertiary/aromatic N) is 1. The topological polar surface area (TPSA) is 70.8 Å². The highest BCUT2D eigenvalue weighted by Crippen LogP contribution is 2.25. The van der Waals surface area contributed by atoms with Crippen LogP contribution in [0, 0.1) is 6.92 Å². The summed E-state index contributed by atoms with van der Waals surface area (Å²) in [7, 11) is 0. The van der Waals surface area contributed by atoms with Crippen molar-refractivity contribution in [1.29, 1.82) is 0 Å². The molecule has 92 valence electrons. The molecule has 5 nitrogen and oxygen atoms in total. The maximum absolute atomic E-state index is 12.1. The molecule has 1 aliphatic rings. The van der Waals surface area contributed by atoms with Gasteiger partial charge in [-0.1, -0.05) is 0 Å². The zero-order chi connectivity index (χ0) is 12.6. The molecule has 1 saturated heterocycles. The highest BCUT2D eigenvalue weighted by Gasteiger charge is 2.36. The molecule has 0 aliphatic carbocycles. The van der Waals surface area contributed by atoms with Crippen molar-refractivity contribution in [3.63, 3.8) is 0 Å². The molecule has 1 amide bonds. The standard InChI is InChI=1S/C11H12BrNO4/c1-6-5-8(12)17-9(6)10(14)13-4-2-3-7(13)11(15)16/h5,7H,2-4H2,1H3,(H,15,16)/t7-/m0/s1. The summed E-state index contributed by atoms with van der Waals surface area (Å²) >= 11 is 3.15. The molecule has 6 heteroatoms. The molecule has 1 N–H and O–H groups in total. The van der Waals surface area contributed by atoms with Crippen LogP contribution in [0.5, 0.6) is 0 Å². The first-order valence-electron chi connectivity index (χ1n) is 5.30. The van der Waals surface area contributed by atoms with Gasteiger partial charge in [0.25, 0.3) is 5.91 Å². The largest absolute Gasteiger partial charge is 0.480 e. The van der Waals surface area contributed by atoms with Gasteiger partial charge in [0.2, 0.25) is 0 Å². The predicted molar refractivity (Wildman–Crippen MR) is 62.8 cm³/mol. The Balaban J connectivity index is 2.25. The van der Waals surface area contributed by atoms with Crippen LogP contribution in [0.25, 0.3) is 0 Å². The van der Waals surface area contributed by atoms with Crippen LogP contribution in [0.4, 0.5) is 0 Å². The number of carboxylic acid groups (broad SMARTS) is 1. The normalized spacial score (nSPS) is 19.6. The quantitative estimate of drug-likeness (QED) is 0.907. The van der Waals surface area contributed by atoms with E-state index in [-0.39, 0.29) is 11.7 Å². The fourth-order valence-corrected chi connectivity index (χ4v) is 2.56. The molecule has 1 aliphatic heterocycles. The number of aliphatic carboxylic acids is 1. The Labute approximate surface area is 107 Å². The number of carboxylic acids is 1. The molecule has 0 radical (unpaired) electrons. The smallest absolute Gasteiger partial charge is 0.326 e. The average Bonchev–Trinajstić information content (AvgIpc) is 2.83. The van der Waals surface area contributed by atoms with E-state index < -0.39 is 12.0 Å². The SMILES string of the molecule is Cc1cc(Br)oc1C(=O)N1CCC[C@H]1C(=O)O. The van der Waals surface area contributed by atoms with E-state index in [0.717, 1.165) is 0 Å². The molecule has 2 heterocycles. The number of furan rings is 1. The van der Waals surface area contributed by atoms with Crippen molar-refractivity contribution < 1.29 is 19.1 Å². The summed E-state index contributed by atoms with van der Waals surface area (Å²) in [4.78, 5) is 24.5. The van der Waals surface area contributed by atoms with E-state index >= 15 is 0 Å². The molecular formula is C11H12BrNO4. The van der Waals surface area contributed by atoms with Gasteiger partial charge in [-0.3, -0.25) is 4.79 Å². The van der Waals surface area contributed by atoms with Crippen LogP contribution < -0.4 is 0 Å². The minimum atomic E-state index is -0.959. The number of halogens is 1. The zero-order valence-corrected chi connectivity index (χ0v) is 10.9. The first kappa shape index (κ1) is 12.2. The van der Waals surface area contributed by atoms with Gasteiger partial charge in [0.15, 0.2) is 10.4 Å². The summed E-state index contributed by atoms with van der Waals surface area (Å²) < 4.78 is 5.73. The number of carbonyl (C=O) groups excluding carboxylic acids is 1. The fourth-order valence-electron chi connectivity index (χ4n) is 2.05. The molecule has 0 aromatic carbocycles. The summed E-state index contributed by atoms with van der Waals surface area (Å²) in [6.45, 7) is 2.22. The van der Waals surface area contributed by atoms with Crippen molar-refractivity contribution >= 4 is 27.8 Å². The van der Waals surface area contributed by atoms with Crippen LogP contribution in [0.2, 0.25) is 0 Å². The van der Waals surface area contributed by atoms with Crippen molar-refractivity contribution in [2.24, 2.45) is 0 Å². The molecule has 1 atom stereocenters. The lowest BCUT2D eigenvalue weighted by Crippen LogP contribution is -2.40.